The molecule has 4 atom stereocenters. The van der Waals surface area contributed by atoms with Crippen molar-refractivity contribution in [2.75, 3.05) is 13.1 Å². The first-order valence-electron chi connectivity index (χ1n) is 13.8. The number of hydrogen-bond acceptors (Lipinski definition) is 8. The first-order chi connectivity index (χ1) is 19.7. The Bertz CT molecular complexity index is 1170. The summed E-state index contributed by atoms with van der Waals surface area (Å²) in [5.74, 6) is -2.78. The van der Waals surface area contributed by atoms with Crippen LogP contribution in [-0.4, -0.2) is 76.3 Å². The van der Waals surface area contributed by atoms with Gasteiger partial charge >= 0.3 is 5.97 Å². The average Bonchev–Trinajstić information content (AvgIpc) is 3.49. The van der Waals surface area contributed by atoms with Crippen molar-refractivity contribution in [2.24, 2.45) is 5.73 Å². The summed E-state index contributed by atoms with van der Waals surface area (Å²) in [6.07, 6.45) is 2.84. The molecule has 222 valence electrons. The lowest BCUT2D eigenvalue weighted by Gasteiger charge is -2.25. The van der Waals surface area contributed by atoms with Crippen molar-refractivity contribution in [3.8, 4) is 11.5 Å². The molecule has 1 aliphatic rings. The molecule has 1 fully saturated rings. The maximum absolute atomic E-state index is 13.6. The van der Waals surface area contributed by atoms with Crippen molar-refractivity contribution in [1.29, 1.82) is 0 Å². The van der Waals surface area contributed by atoms with E-state index in [1.165, 1.54) is 24.3 Å². The molecule has 12 heteroatoms. The summed E-state index contributed by atoms with van der Waals surface area (Å²) < 4.78 is 0. The van der Waals surface area contributed by atoms with E-state index in [4.69, 9.17) is 5.73 Å². The van der Waals surface area contributed by atoms with Gasteiger partial charge in [0.25, 0.3) is 0 Å². The highest BCUT2D eigenvalue weighted by Crippen LogP contribution is 2.15. The van der Waals surface area contributed by atoms with Crippen LogP contribution in [0.1, 0.15) is 43.2 Å². The van der Waals surface area contributed by atoms with Crippen molar-refractivity contribution in [2.45, 2.75) is 69.1 Å². The number of carbonyl (C=O) groups is 4. The van der Waals surface area contributed by atoms with Crippen LogP contribution in [0.5, 0.6) is 11.5 Å². The Labute approximate surface area is 238 Å². The van der Waals surface area contributed by atoms with E-state index in [0.717, 1.165) is 6.42 Å². The van der Waals surface area contributed by atoms with Crippen LogP contribution in [0.3, 0.4) is 0 Å². The highest BCUT2D eigenvalue weighted by molar-refractivity contribution is 5.94. The zero-order chi connectivity index (χ0) is 29.8. The average molecular weight is 570 g/mol. The number of carbonyl (C=O) groups excluding carboxylic acids is 3. The second-order valence-corrected chi connectivity index (χ2v) is 10.2. The molecule has 0 aromatic heterocycles. The second kappa shape index (κ2) is 15.6. The van der Waals surface area contributed by atoms with Crippen molar-refractivity contribution >= 4 is 23.7 Å². The second-order valence-electron chi connectivity index (χ2n) is 10.2. The van der Waals surface area contributed by atoms with E-state index in [-0.39, 0.29) is 36.7 Å². The van der Waals surface area contributed by atoms with Gasteiger partial charge in [-0.25, -0.2) is 4.79 Å². The van der Waals surface area contributed by atoms with E-state index >= 15 is 0 Å². The van der Waals surface area contributed by atoms with Gasteiger partial charge in [0.1, 0.15) is 29.6 Å². The summed E-state index contributed by atoms with van der Waals surface area (Å²) in [6.45, 7) is 1.09. The Kier molecular flexibility index (Phi) is 11.9. The fourth-order valence-electron chi connectivity index (χ4n) is 4.63. The smallest absolute Gasteiger partial charge is 0.326 e. The van der Waals surface area contributed by atoms with E-state index in [0.29, 0.717) is 43.5 Å². The summed E-state index contributed by atoms with van der Waals surface area (Å²) in [5, 5.41) is 40.0. The molecular formula is C29H39N5O7. The van der Waals surface area contributed by atoms with Crippen molar-refractivity contribution in [3.63, 3.8) is 0 Å². The Hall–Kier alpha value is -4.16. The number of amides is 3. The fraction of sp³-hybridized carbons (Fsp3) is 0.448. The number of hydrogen-bond donors (Lipinski definition) is 8. The number of phenols is 2. The molecule has 2 aromatic carbocycles. The predicted octanol–water partition coefficient (Wildman–Crippen LogP) is 0.303. The molecule has 2 aromatic rings. The lowest BCUT2D eigenvalue weighted by atomic mass is 10.0. The summed E-state index contributed by atoms with van der Waals surface area (Å²) in [7, 11) is 0. The van der Waals surface area contributed by atoms with Crippen LogP contribution in [0.15, 0.2) is 48.5 Å². The van der Waals surface area contributed by atoms with Crippen LogP contribution in [0.2, 0.25) is 0 Å². The van der Waals surface area contributed by atoms with Crippen LogP contribution in [-0.2, 0) is 32.0 Å². The van der Waals surface area contributed by atoms with Gasteiger partial charge in [0.05, 0.1) is 6.04 Å². The van der Waals surface area contributed by atoms with Crippen LogP contribution in [0, 0.1) is 0 Å². The fourth-order valence-corrected chi connectivity index (χ4v) is 4.63. The Morgan fingerprint density at radius 2 is 1.32 bits per heavy atom. The van der Waals surface area contributed by atoms with Gasteiger partial charge in [-0.3, -0.25) is 14.4 Å². The molecule has 4 unspecified atom stereocenters. The van der Waals surface area contributed by atoms with Gasteiger partial charge in [-0.2, -0.15) is 0 Å². The Morgan fingerprint density at radius 1 is 0.805 bits per heavy atom. The number of aromatic hydroxyl groups is 2. The first kappa shape index (κ1) is 31.4. The van der Waals surface area contributed by atoms with Gasteiger partial charge in [-0.1, -0.05) is 24.3 Å². The molecule has 9 N–H and O–H groups in total. The maximum atomic E-state index is 13.6. The monoisotopic (exact) mass is 569 g/mol. The highest BCUT2D eigenvalue weighted by atomic mass is 16.4. The number of nitrogens with one attached hydrogen (secondary N) is 4. The van der Waals surface area contributed by atoms with Gasteiger partial charge in [0.15, 0.2) is 0 Å². The van der Waals surface area contributed by atoms with Crippen LogP contribution >= 0.6 is 0 Å². The number of phenolic OH excluding ortho intramolecular Hbond substituents is 2. The minimum absolute atomic E-state index is 0.0110. The number of carboxylic acid groups (broad SMARTS) is 1. The van der Waals surface area contributed by atoms with Gasteiger partial charge in [0, 0.05) is 12.8 Å². The quantitative estimate of drug-likeness (QED) is 0.139. The molecule has 0 bridgehead atoms. The van der Waals surface area contributed by atoms with Crippen LogP contribution in [0.4, 0.5) is 0 Å². The van der Waals surface area contributed by atoms with Gasteiger partial charge in [-0.05, 0) is 80.6 Å². The molecule has 1 aliphatic heterocycles. The molecule has 41 heavy (non-hydrogen) atoms. The standard InChI is InChI=1S/C29H39N5O7/c30-14-2-1-4-23(29(40)41)32-27(38)24(16-18-6-10-20(35)11-7-18)34-28(39)25(17-19-8-12-21(36)13-9-19)33-26(37)22-5-3-15-31-22/h6-13,22-25,31,35-36H,1-5,14-17,30H2,(H,32,38)(H,33,37)(H,34,39)(H,40,41). The number of benzene rings is 2. The highest BCUT2D eigenvalue weighted by Gasteiger charge is 2.31. The summed E-state index contributed by atoms with van der Waals surface area (Å²) >= 11 is 0. The molecular weight excluding hydrogens is 530 g/mol. The third-order valence-electron chi connectivity index (χ3n) is 6.96. The lowest BCUT2D eigenvalue weighted by Crippen LogP contribution is -2.58. The van der Waals surface area contributed by atoms with E-state index in [1.54, 1.807) is 24.3 Å². The first-order valence-corrected chi connectivity index (χ1v) is 13.8. The minimum atomic E-state index is -1.20. The van der Waals surface area contributed by atoms with Crippen molar-refractivity contribution in [1.82, 2.24) is 21.3 Å². The molecule has 12 nitrogen and oxygen atoms in total. The lowest BCUT2D eigenvalue weighted by molar-refractivity contribution is -0.142. The molecule has 3 amide bonds. The summed E-state index contributed by atoms with van der Waals surface area (Å²) in [5.41, 5.74) is 6.80. The Balaban J connectivity index is 1.82. The SMILES string of the molecule is NCCCCC(NC(=O)C(Cc1ccc(O)cc1)NC(=O)C(Cc1ccc(O)cc1)NC(=O)C1CCCN1)C(=O)O. The molecule has 0 radical (unpaired) electrons. The molecule has 3 rings (SSSR count). The van der Waals surface area contributed by atoms with Gasteiger partial charge < -0.3 is 42.3 Å². The zero-order valence-electron chi connectivity index (χ0n) is 22.8. The van der Waals surface area contributed by atoms with E-state index in [1.807, 2.05) is 0 Å². The molecule has 1 heterocycles. The van der Waals surface area contributed by atoms with E-state index in [9.17, 15) is 34.5 Å². The number of aliphatic carboxylic acids is 1. The number of rotatable bonds is 15. The third kappa shape index (κ3) is 10.1. The Morgan fingerprint density at radius 3 is 1.78 bits per heavy atom. The summed E-state index contributed by atoms with van der Waals surface area (Å²) in [4.78, 5) is 51.7. The van der Waals surface area contributed by atoms with Crippen molar-refractivity contribution in [3.05, 3.63) is 59.7 Å². The molecule has 0 aliphatic carbocycles. The van der Waals surface area contributed by atoms with Crippen LogP contribution < -0.4 is 27.0 Å². The maximum Gasteiger partial charge on any atom is 0.326 e. The largest absolute Gasteiger partial charge is 0.508 e. The van der Waals surface area contributed by atoms with Gasteiger partial charge in [-0.15, -0.1) is 0 Å². The molecule has 0 saturated carbocycles. The minimum Gasteiger partial charge on any atom is -0.508 e. The molecule has 1 saturated heterocycles. The number of nitrogens with two attached hydrogens (primary N) is 1. The van der Waals surface area contributed by atoms with E-state index < -0.39 is 42.0 Å². The molecule has 0 spiro atoms. The number of carboxylic acids is 1. The topological polar surface area (TPSA) is 203 Å². The van der Waals surface area contributed by atoms with E-state index in [2.05, 4.69) is 21.3 Å². The normalized spacial score (nSPS) is 16.8. The van der Waals surface area contributed by atoms with Crippen molar-refractivity contribution < 1.29 is 34.5 Å². The number of unbranched alkanes of at least 4 members (excludes halogenated alkanes) is 1. The summed E-state index contributed by atoms with van der Waals surface area (Å²) in [6, 6.07) is 8.47. The van der Waals surface area contributed by atoms with Crippen LogP contribution in [0.25, 0.3) is 0 Å². The van der Waals surface area contributed by atoms with Gasteiger partial charge in [0.2, 0.25) is 17.7 Å². The predicted molar refractivity (Wildman–Crippen MR) is 151 cm³/mol. The zero-order valence-corrected chi connectivity index (χ0v) is 22.8. The third-order valence-corrected chi connectivity index (χ3v) is 6.96.